The van der Waals surface area contributed by atoms with Gasteiger partial charge in [-0.15, -0.1) is 0 Å². The van der Waals surface area contributed by atoms with Gasteiger partial charge in [0.2, 0.25) is 15.8 Å². The van der Waals surface area contributed by atoms with Crippen LogP contribution in [0.2, 0.25) is 0 Å². The number of sulfonamides is 1. The standard InChI is InChI=1S/C41H41F2N5O10S/c1-41(2,3)58-40(53)45-31(39(52)57-22-23-10-6-5-7-11-23)20-25-18-24(13-14-27(25)38(50)51)26-19-29-34(46-48(37(29)44-21-26)32-12-8-9-17-56-32)36(49)28-15-16-30(42)35(33(28)43)47-59(4,54)55/h5-7,10-11,13-16,18-19,21,31-32,47H,8-9,12,17,20,22H2,1-4H3,(H,45,53)(H,50,51)/t31-,32?/m0/s1. The number of carbonyl (C=O) groups excluding carboxylic acids is 3. The number of carbonyl (C=O) groups is 4. The number of ether oxygens (including phenoxy) is 3. The van der Waals surface area contributed by atoms with E-state index in [0.29, 0.717) is 36.0 Å². The molecule has 1 aliphatic heterocycles. The van der Waals surface area contributed by atoms with Gasteiger partial charge >= 0.3 is 18.0 Å². The minimum atomic E-state index is -4.14. The van der Waals surface area contributed by atoms with Crippen LogP contribution in [0.1, 0.15) is 83.8 Å². The lowest BCUT2D eigenvalue weighted by Gasteiger charge is -2.23. The minimum absolute atomic E-state index is 0.120. The monoisotopic (exact) mass is 833 g/mol. The van der Waals surface area contributed by atoms with Crippen LogP contribution in [-0.2, 0) is 42.1 Å². The molecule has 1 fully saturated rings. The summed E-state index contributed by atoms with van der Waals surface area (Å²) in [5.41, 5.74) is -1.41. The Bertz CT molecular complexity index is 2540. The summed E-state index contributed by atoms with van der Waals surface area (Å²) in [6.07, 6.45) is 2.34. The van der Waals surface area contributed by atoms with E-state index in [0.717, 1.165) is 25.0 Å². The third-order valence-corrected chi connectivity index (χ3v) is 9.68. The Morgan fingerprint density at radius 1 is 1.00 bits per heavy atom. The highest BCUT2D eigenvalue weighted by Crippen LogP contribution is 2.33. The molecule has 1 saturated heterocycles. The zero-order valence-electron chi connectivity index (χ0n) is 32.5. The number of hydrogen-bond acceptors (Lipinski definition) is 11. The van der Waals surface area contributed by atoms with Gasteiger partial charge in [0.15, 0.2) is 17.7 Å². The lowest BCUT2D eigenvalue weighted by atomic mass is 9.95. The summed E-state index contributed by atoms with van der Waals surface area (Å²) in [6.45, 7) is 5.20. The summed E-state index contributed by atoms with van der Waals surface area (Å²) in [4.78, 5) is 57.6. The van der Waals surface area contributed by atoms with Crippen LogP contribution in [0.4, 0.5) is 19.3 Å². The molecule has 2 atom stereocenters. The second kappa shape index (κ2) is 17.3. The fraction of sp³-hybridized carbons (Fsp3) is 0.317. The molecule has 0 bridgehead atoms. The Morgan fingerprint density at radius 2 is 1.73 bits per heavy atom. The first kappa shape index (κ1) is 42.3. The van der Waals surface area contributed by atoms with Crippen LogP contribution in [0.5, 0.6) is 0 Å². The molecule has 18 heteroatoms. The number of rotatable bonds is 13. The van der Waals surface area contributed by atoms with Gasteiger partial charge in [0, 0.05) is 24.8 Å². The van der Waals surface area contributed by atoms with Crippen LogP contribution < -0.4 is 10.0 Å². The fourth-order valence-corrected chi connectivity index (χ4v) is 7.00. The number of ketones is 1. The molecule has 3 aromatic carbocycles. The first-order valence-corrected chi connectivity index (χ1v) is 20.3. The molecule has 1 unspecified atom stereocenters. The van der Waals surface area contributed by atoms with Gasteiger partial charge in [-0.25, -0.2) is 41.2 Å². The number of benzene rings is 3. The Balaban J connectivity index is 1.41. The van der Waals surface area contributed by atoms with Crippen molar-refractivity contribution in [3.05, 3.63) is 113 Å². The number of amides is 1. The molecule has 1 aliphatic rings. The zero-order chi connectivity index (χ0) is 42.6. The third kappa shape index (κ3) is 10.2. The number of esters is 1. The van der Waals surface area contributed by atoms with Gasteiger partial charge < -0.3 is 24.6 Å². The number of fused-ring (bicyclic) bond motifs is 1. The van der Waals surface area contributed by atoms with Crippen molar-refractivity contribution in [3.63, 3.8) is 0 Å². The van der Waals surface area contributed by atoms with E-state index in [2.05, 4.69) is 15.4 Å². The van der Waals surface area contributed by atoms with Crippen molar-refractivity contribution >= 4 is 50.6 Å². The molecule has 0 aliphatic carbocycles. The normalized spacial score (nSPS) is 15.0. The Hall–Kier alpha value is -6.27. The summed E-state index contributed by atoms with van der Waals surface area (Å²) < 4.78 is 74.1. The lowest BCUT2D eigenvalue weighted by Crippen LogP contribution is -2.45. The molecule has 59 heavy (non-hydrogen) atoms. The maximum atomic E-state index is 15.7. The highest BCUT2D eigenvalue weighted by Gasteiger charge is 2.31. The number of halogens is 2. The van der Waals surface area contributed by atoms with Crippen molar-refractivity contribution in [2.75, 3.05) is 17.6 Å². The van der Waals surface area contributed by atoms with Crippen LogP contribution in [0.3, 0.4) is 0 Å². The van der Waals surface area contributed by atoms with E-state index in [-0.39, 0.29) is 40.9 Å². The van der Waals surface area contributed by atoms with Crippen molar-refractivity contribution in [1.82, 2.24) is 20.1 Å². The number of carboxylic acid groups (broad SMARTS) is 1. The molecular formula is C41H41F2N5O10S. The highest BCUT2D eigenvalue weighted by atomic mass is 32.2. The van der Waals surface area contributed by atoms with Crippen LogP contribution >= 0.6 is 0 Å². The van der Waals surface area contributed by atoms with Crippen molar-refractivity contribution in [3.8, 4) is 11.1 Å². The molecule has 3 N–H and O–H groups in total. The molecule has 0 radical (unpaired) electrons. The van der Waals surface area contributed by atoms with Gasteiger partial charge in [-0.3, -0.25) is 9.52 Å². The van der Waals surface area contributed by atoms with Gasteiger partial charge in [0.05, 0.1) is 22.8 Å². The van der Waals surface area contributed by atoms with E-state index in [1.807, 2.05) is 0 Å². The minimum Gasteiger partial charge on any atom is -0.478 e. The molecule has 310 valence electrons. The maximum Gasteiger partial charge on any atom is 0.408 e. The molecule has 15 nitrogen and oxygen atoms in total. The first-order valence-electron chi connectivity index (χ1n) is 18.5. The summed E-state index contributed by atoms with van der Waals surface area (Å²) in [7, 11) is -4.14. The van der Waals surface area contributed by atoms with Gasteiger partial charge in [-0.05, 0) is 81.0 Å². The number of alkyl carbamates (subject to hydrolysis) is 1. The Kier molecular flexibility index (Phi) is 12.4. The van der Waals surface area contributed by atoms with Crippen molar-refractivity contribution < 1.29 is 55.7 Å². The van der Waals surface area contributed by atoms with E-state index in [1.165, 1.54) is 35.1 Å². The van der Waals surface area contributed by atoms with Crippen molar-refractivity contribution in [2.24, 2.45) is 0 Å². The van der Waals surface area contributed by atoms with Gasteiger partial charge in [0.25, 0.3) is 0 Å². The Labute approximate surface area is 337 Å². The molecule has 3 heterocycles. The molecule has 1 amide bonds. The second-order valence-corrected chi connectivity index (χ2v) is 16.6. The van der Waals surface area contributed by atoms with E-state index in [4.69, 9.17) is 14.2 Å². The van der Waals surface area contributed by atoms with E-state index in [9.17, 15) is 37.1 Å². The molecule has 0 spiro atoms. The quantitative estimate of drug-likeness (QED) is 0.0853. The van der Waals surface area contributed by atoms with Gasteiger partial charge in [-0.1, -0.05) is 42.5 Å². The van der Waals surface area contributed by atoms with E-state index in [1.54, 1.807) is 55.8 Å². The number of aromatic carboxylic acids is 1. The smallest absolute Gasteiger partial charge is 0.408 e. The van der Waals surface area contributed by atoms with E-state index < -0.39 is 74.6 Å². The number of carboxylic acids is 1. The topological polar surface area (TPSA) is 205 Å². The molecular weight excluding hydrogens is 793 g/mol. The largest absolute Gasteiger partial charge is 0.478 e. The summed E-state index contributed by atoms with van der Waals surface area (Å²) in [6, 6.07) is 14.9. The number of nitrogens with zero attached hydrogens (tertiary/aromatic N) is 3. The number of aromatic nitrogens is 3. The lowest BCUT2D eigenvalue weighted by molar-refractivity contribution is -0.147. The highest BCUT2D eigenvalue weighted by molar-refractivity contribution is 7.92. The molecule has 0 saturated carbocycles. The first-order chi connectivity index (χ1) is 27.9. The number of nitrogens with one attached hydrogen (secondary N) is 2. The second-order valence-electron chi connectivity index (χ2n) is 14.9. The predicted molar refractivity (Wildman–Crippen MR) is 210 cm³/mol. The number of pyridine rings is 1. The molecule has 2 aromatic heterocycles. The summed E-state index contributed by atoms with van der Waals surface area (Å²) >= 11 is 0. The third-order valence-electron chi connectivity index (χ3n) is 9.11. The van der Waals surface area contributed by atoms with Crippen LogP contribution in [-0.4, -0.2) is 76.6 Å². The predicted octanol–water partition coefficient (Wildman–Crippen LogP) is 6.56. The average Bonchev–Trinajstić information content (AvgIpc) is 3.56. The number of anilines is 1. The zero-order valence-corrected chi connectivity index (χ0v) is 33.3. The maximum absolute atomic E-state index is 15.7. The SMILES string of the molecule is CC(C)(C)OC(=O)N[C@@H](Cc1cc(-c2cnc3c(c2)c(C(=O)c2ccc(F)c(NS(C)(=O)=O)c2F)nn3C2CCCCO2)ccc1C(=O)O)C(=O)OCc1ccccc1. The van der Waals surface area contributed by atoms with Crippen LogP contribution in [0.25, 0.3) is 22.2 Å². The van der Waals surface area contributed by atoms with Crippen LogP contribution in [0, 0.1) is 11.6 Å². The molecule has 6 rings (SSSR count). The van der Waals surface area contributed by atoms with E-state index >= 15 is 4.39 Å². The number of hydrogen-bond donors (Lipinski definition) is 3. The average molecular weight is 834 g/mol. The fourth-order valence-electron chi connectivity index (χ4n) is 6.44. The Morgan fingerprint density at radius 3 is 2.39 bits per heavy atom. The molecule has 5 aromatic rings. The summed E-state index contributed by atoms with van der Waals surface area (Å²) in [5.74, 6) is -5.88. The summed E-state index contributed by atoms with van der Waals surface area (Å²) in [5, 5.41) is 17.3. The van der Waals surface area contributed by atoms with Crippen LogP contribution in [0.15, 0.2) is 72.9 Å². The van der Waals surface area contributed by atoms with Gasteiger partial charge in [0.1, 0.15) is 35.4 Å². The van der Waals surface area contributed by atoms with Gasteiger partial charge in [-0.2, -0.15) is 5.10 Å². The van der Waals surface area contributed by atoms with Crippen molar-refractivity contribution in [2.45, 2.75) is 70.9 Å². The van der Waals surface area contributed by atoms with Crippen molar-refractivity contribution in [1.29, 1.82) is 0 Å².